The summed E-state index contributed by atoms with van der Waals surface area (Å²) in [6, 6.07) is 6.28. The zero-order valence-corrected chi connectivity index (χ0v) is 11.7. The summed E-state index contributed by atoms with van der Waals surface area (Å²) in [5.41, 5.74) is 0.944. The van der Waals surface area contributed by atoms with Crippen molar-refractivity contribution in [2.24, 2.45) is 5.92 Å². The number of anilines is 1. The van der Waals surface area contributed by atoms with E-state index in [2.05, 4.69) is 15.4 Å². The Balaban J connectivity index is 2.50. The molecular weight excluding hydrogens is 260 g/mol. The molecule has 20 heavy (non-hydrogen) atoms. The first-order chi connectivity index (χ1) is 9.43. The highest BCUT2D eigenvalue weighted by Gasteiger charge is 2.09. The third kappa shape index (κ3) is 4.72. The van der Waals surface area contributed by atoms with Crippen molar-refractivity contribution in [1.29, 1.82) is 0 Å². The molecule has 0 bridgehead atoms. The molecule has 0 aliphatic carbocycles. The Morgan fingerprint density at radius 2 is 1.75 bits per heavy atom. The van der Waals surface area contributed by atoms with Crippen molar-refractivity contribution in [2.45, 2.75) is 13.8 Å². The lowest BCUT2D eigenvalue weighted by molar-refractivity contribution is -0.126. The lowest BCUT2D eigenvalue weighted by Crippen LogP contribution is -2.35. The van der Waals surface area contributed by atoms with Crippen molar-refractivity contribution in [3.63, 3.8) is 0 Å². The number of ether oxygens (including phenoxy) is 1. The van der Waals surface area contributed by atoms with Gasteiger partial charge in [-0.25, -0.2) is 4.79 Å². The van der Waals surface area contributed by atoms with Crippen LogP contribution in [0.4, 0.5) is 5.69 Å². The summed E-state index contributed by atoms with van der Waals surface area (Å²) in [7, 11) is 1.30. The monoisotopic (exact) mass is 278 g/mol. The lowest BCUT2D eigenvalue weighted by atomic mass is 10.2. The van der Waals surface area contributed by atoms with Crippen molar-refractivity contribution >= 4 is 23.5 Å². The molecule has 0 unspecified atom stereocenters. The summed E-state index contributed by atoms with van der Waals surface area (Å²) in [6.07, 6.45) is 0. The summed E-state index contributed by atoms with van der Waals surface area (Å²) in [5, 5.41) is 5.13. The number of carbonyl (C=O) groups is 3. The number of amides is 2. The molecule has 0 aliphatic rings. The van der Waals surface area contributed by atoms with E-state index in [1.54, 1.807) is 38.1 Å². The average Bonchev–Trinajstić information content (AvgIpc) is 2.44. The molecule has 6 heteroatoms. The maximum Gasteiger partial charge on any atom is 0.337 e. The van der Waals surface area contributed by atoms with Crippen LogP contribution in [-0.4, -0.2) is 31.4 Å². The van der Waals surface area contributed by atoms with Crippen LogP contribution in [0.15, 0.2) is 24.3 Å². The second-order valence-corrected chi connectivity index (χ2v) is 4.49. The summed E-state index contributed by atoms with van der Waals surface area (Å²) in [4.78, 5) is 34.1. The van der Waals surface area contributed by atoms with Gasteiger partial charge < -0.3 is 15.4 Å². The molecule has 0 aliphatic heterocycles. The normalized spacial score (nSPS) is 10.0. The van der Waals surface area contributed by atoms with E-state index in [0.29, 0.717) is 11.3 Å². The molecule has 0 heterocycles. The van der Waals surface area contributed by atoms with Crippen LogP contribution in [0.3, 0.4) is 0 Å². The van der Waals surface area contributed by atoms with E-state index in [9.17, 15) is 14.4 Å². The molecule has 108 valence electrons. The zero-order valence-electron chi connectivity index (χ0n) is 11.7. The fraction of sp³-hybridized carbons (Fsp3) is 0.357. The largest absolute Gasteiger partial charge is 0.465 e. The van der Waals surface area contributed by atoms with Gasteiger partial charge in [-0.1, -0.05) is 13.8 Å². The Morgan fingerprint density at radius 1 is 1.15 bits per heavy atom. The van der Waals surface area contributed by atoms with Crippen LogP contribution >= 0.6 is 0 Å². The van der Waals surface area contributed by atoms with Gasteiger partial charge in [-0.05, 0) is 24.3 Å². The first-order valence-corrected chi connectivity index (χ1v) is 6.20. The molecule has 6 nitrogen and oxygen atoms in total. The molecule has 1 aromatic rings. The van der Waals surface area contributed by atoms with Crippen LogP contribution in [0, 0.1) is 5.92 Å². The highest BCUT2D eigenvalue weighted by Crippen LogP contribution is 2.10. The Labute approximate surface area is 117 Å². The molecule has 0 aromatic heterocycles. The number of benzene rings is 1. The van der Waals surface area contributed by atoms with E-state index in [1.165, 1.54) is 7.11 Å². The zero-order chi connectivity index (χ0) is 15.1. The molecule has 0 saturated heterocycles. The average molecular weight is 278 g/mol. The molecule has 2 amide bonds. The summed E-state index contributed by atoms with van der Waals surface area (Å²) in [5.74, 6) is -1.11. The van der Waals surface area contributed by atoms with Gasteiger partial charge in [0.2, 0.25) is 11.8 Å². The number of rotatable bonds is 5. The van der Waals surface area contributed by atoms with Gasteiger partial charge in [-0.15, -0.1) is 0 Å². The number of carbonyl (C=O) groups excluding carboxylic acids is 3. The van der Waals surface area contributed by atoms with E-state index < -0.39 is 5.97 Å². The lowest BCUT2D eigenvalue weighted by Gasteiger charge is -2.08. The maximum absolute atomic E-state index is 11.6. The number of nitrogens with one attached hydrogen (secondary N) is 2. The van der Waals surface area contributed by atoms with E-state index >= 15 is 0 Å². The minimum Gasteiger partial charge on any atom is -0.465 e. The molecule has 0 spiro atoms. The van der Waals surface area contributed by atoms with Crippen LogP contribution in [-0.2, 0) is 14.3 Å². The van der Waals surface area contributed by atoms with Gasteiger partial charge in [0, 0.05) is 11.6 Å². The smallest absolute Gasteiger partial charge is 0.337 e. The van der Waals surface area contributed by atoms with Crippen molar-refractivity contribution in [2.75, 3.05) is 19.0 Å². The number of esters is 1. The van der Waals surface area contributed by atoms with Crippen molar-refractivity contribution < 1.29 is 19.1 Å². The van der Waals surface area contributed by atoms with Gasteiger partial charge >= 0.3 is 5.97 Å². The molecule has 0 atom stereocenters. The minimum absolute atomic E-state index is 0.0875. The van der Waals surface area contributed by atoms with Crippen LogP contribution in [0.2, 0.25) is 0 Å². The fourth-order valence-corrected chi connectivity index (χ4v) is 1.38. The first-order valence-electron chi connectivity index (χ1n) is 6.20. The second-order valence-electron chi connectivity index (χ2n) is 4.49. The van der Waals surface area contributed by atoms with Gasteiger partial charge in [0.05, 0.1) is 19.2 Å². The standard InChI is InChI=1S/C14H18N2O4/c1-9(2)13(18)15-8-12(17)16-11-6-4-10(5-7-11)14(19)20-3/h4-7,9H,8H2,1-3H3,(H,15,18)(H,16,17). The Kier molecular flexibility index (Phi) is 5.71. The SMILES string of the molecule is COC(=O)c1ccc(NC(=O)CNC(=O)C(C)C)cc1. The quantitative estimate of drug-likeness (QED) is 0.792. The molecule has 1 aromatic carbocycles. The van der Waals surface area contributed by atoms with E-state index in [4.69, 9.17) is 0 Å². The Morgan fingerprint density at radius 3 is 2.25 bits per heavy atom. The van der Waals surface area contributed by atoms with Crippen LogP contribution in [0.1, 0.15) is 24.2 Å². The number of methoxy groups -OCH3 is 1. The Hall–Kier alpha value is -2.37. The van der Waals surface area contributed by atoms with Gasteiger partial charge in [0.15, 0.2) is 0 Å². The Bertz CT molecular complexity index is 494. The van der Waals surface area contributed by atoms with Crippen molar-refractivity contribution in [3.8, 4) is 0 Å². The van der Waals surface area contributed by atoms with E-state index in [1.807, 2.05) is 0 Å². The highest BCUT2D eigenvalue weighted by molar-refractivity contribution is 5.95. The van der Waals surface area contributed by atoms with Crippen molar-refractivity contribution in [3.05, 3.63) is 29.8 Å². The van der Waals surface area contributed by atoms with Gasteiger partial charge in [0.25, 0.3) is 0 Å². The number of hydrogen-bond donors (Lipinski definition) is 2. The van der Waals surface area contributed by atoms with Crippen LogP contribution < -0.4 is 10.6 Å². The van der Waals surface area contributed by atoms with Gasteiger partial charge in [-0.2, -0.15) is 0 Å². The van der Waals surface area contributed by atoms with Crippen molar-refractivity contribution in [1.82, 2.24) is 5.32 Å². The molecule has 0 saturated carbocycles. The van der Waals surface area contributed by atoms with Gasteiger partial charge in [-0.3, -0.25) is 9.59 Å². The molecule has 0 fully saturated rings. The predicted octanol–water partition coefficient (Wildman–Crippen LogP) is 1.18. The summed E-state index contributed by atoms with van der Waals surface area (Å²) < 4.78 is 4.57. The maximum atomic E-state index is 11.6. The molecule has 1 rings (SSSR count). The second kappa shape index (κ2) is 7.28. The highest BCUT2D eigenvalue weighted by atomic mass is 16.5. The summed E-state index contributed by atoms with van der Waals surface area (Å²) >= 11 is 0. The van der Waals surface area contributed by atoms with Gasteiger partial charge in [0.1, 0.15) is 0 Å². The van der Waals surface area contributed by atoms with Crippen LogP contribution in [0.25, 0.3) is 0 Å². The van der Waals surface area contributed by atoms with E-state index in [0.717, 1.165) is 0 Å². The topological polar surface area (TPSA) is 84.5 Å². The molecular formula is C14H18N2O4. The van der Waals surface area contributed by atoms with E-state index in [-0.39, 0.29) is 24.3 Å². The molecule has 0 radical (unpaired) electrons. The summed E-state index contributed by atoms with van der Waals surface area (Å²) in [6.45, 7) is 3.41. The third-order valence-electron chi connectivity index (χ3n) is 2.54. The first kappa shape index (κ1) is 15.7. The minimum atomic E-state index is -0.438. The fourth-order valence-electron chi connectivity index (χ4n) is 1.38. The third-order valence-corrected chi connectivity index (χ3v) is 2.54. The molecule has 2 N–H and O–H groups in total. The van der Waals surface area contributed by atoms with Crippen LogP contribution in [0.5, 0.6) is 0 Å². The number of hydrogen-bond acceptors (Lipinski definition) is 4. The predicted molar refractivity (Wildman–Crippen MR) is 74.3 cm³/mol.